The van der Waals surface area contributed by atoms with Gasteiger partial charge in [-0.05, 0) is 43.6 Å². The minimum Gasteiger partial charge on any atom is -0.352 e. The van der Waals surface area contributed by atoms with Crippen LogP contribution in [0.25, 0.3) is 0 Å². The summed E-state index contributed by atoms with van der Waals surface area (Å²) in [6, 6.07) is 7.01. The van der Waals surface area contributed by atoms with Gasteiger partial charge in [-0.2, -0.15) is 0 Å². The van der Waals surface area contributed by atoms with Crippen molar-refractivity contribution in [1.82, 2.24) is 10.6 Å². The molecule has 1 heterocycles. The van der Waals surface area contributed by atoms with Gasteiger partial charge in [-0.1, -0.05) is 17.7 Å². The lowest BCUT2D eigenvalue weighted by molar-refractivity contribution is 0.0948. The zero-order valence-corrected chi connectivity index (χ0v) is 9.76. The molecule has 0 bridgehead atoms. The van der Waals surface area contributed by atoms with Crippen LogP contribution in [-0.4, -0.2) is 25.5 Å². The Kier molecular flexibility index (Phi) is 3.80. The van der Waals surface area contributed by atoms with Crippen molar-refractivity contribution in [3.63, 3.8) is 0 Å². The van der Waals surface area contributed by atoms with Gasteiger partial charge in [0.25, 0.3) is 5.91 Å². The molecule has 1 aromatic carbocycles. The Morgan fingerprint density at radius 3 is 3.12 bits per heavy atom. The first kappa shape index (κ1) is 11.4. The van der Waals surface area contributed by atoms with E-state index in [2.05, 4.69) is 10.6 Å². The molecular weight excluding hydrogens is 224 g/mol. The minimum absolute atomic E-state index is 0.0469. The van der Waals surface area contributed by atoms with Gasteiger partial charge in [0, 0.05) is 17.1 Å². The van der Waals surface area contributed by atoms with Crippen molar-refractivity contribution in [1.29, 1.82) is 0 Å². The summed E-state index contributed by atoms with van der Waals surface area (Å²) in [5.74, 6) is 0.512. The molecule has 1 atom stereocenters. The molecule has 0 spiro atoms. The Balaban J connectivity index is 1.87. The lowest BCUT2D eigenvalue weighted by atomic mass is 10.1. The smallest absolute Gasteiger partial charge is 0.251 e. The molecule has 1 saturated heterocycles. The molecule has 0 aromatic heterocycles. The van der Waals surface area contributed by atoms with Gasteiger partial charge in [-0.25, -0.2) is 0 Å². The molecular formula is C12H15ClN2O. The van der Waals surface area contributed by atoms with Crippen molar-refractivity contribution in [2.75, 3.05) is 19.6 Å². The van der Waals surface area contributed by atoms with Crippen LogP contribution < -0.4 is 10.6 Å². The second-order valence-electron chi connectivity index (χ2n) is 4.08. The monoisotopic (exact) mass is 238 g/mol. The van der Waals surface area contributed by atoms with Gasteiger partial charge in [0.05, 0.1) is 0 Å². The molecule has 2 rings (SSSR count). The summed E-state index contributed by atoms with van der Waals surface area (Å²) in [5, 5.41) is 6.80. The Labute approximate surface area is 100 Å². The third kappa shape index (κ3) is 2.97. The topological polar surface area (TPSA) is 41.1 Å². The van der Waals surface area contributed by atoms with Crippen molar-refractivity contribution in [2.45, 2.75) is 6.42 Å². The highest BCUT2D eigenvalue weighted by atomic mass is 35.5. The van der Waals surface area contributed by atoms with Gasteiger partial charge >= 0.3 is 0 Å². The zero-order valence-electron chi connectivity index (χ0n) is 9.00. The third-order valence-electron chi connectivity index (χ3n) is 2.80. The fraction of sp³-hybridized carbons (Fsp3) is 0.417. The number of nitrogens with one attached hydrogen (secondary N) is 2. The van der Waals surface area contributed by atoms with E-state index in [0.29, 0.717) is 16.5 Å². The van der Waals surface area contributed by atoms with E-state index >= 15 is 0 Å². The van der Waals surface area contributed by atoms with Crippen LogP contribution in [0, 0.1) is 5.92 Å². The van der Waals surface area contributed by atoms with Crippen LogP contribution in [0.1, 0.15) is 16.8 Å². The van der Waals surface area contributed by atoms with Crippen molar-refractivity contribution < 1.29 is 4.79 Å². The summed E-state index contributed by atoms with van der Waals surface area (Å²) >= 11 is 5.83. The van der Waals surface area contributed by atoms with E-state index in [-0.39, 0.29) is 5.91 Å². The lowest BCUT2D eigenvalue weighted by Crippen LogP contribution is -2.30. The maximum Gasteiger partial charge on any atom is 0.251 e. The molecule has 1 fully saturated rings. The van der Waals surface area contributed by atoms with E-state index in [1.165, 1.54) is 0 Å². The summed E-state index contributed by atoms with van der Waals surface area (Å²) < 4.78 is 0. The van der Waals surface area contributed by atoms with E-state index in [4.69, 9.17) is 11.6 Å². The number of hydrogen-bond acceptors (Lipinski definition) is 2. The quantitative estimate of drug-likeness (QED) is 0.841. The van der Waals surface area contributed by atoms with Crippen LogP contribution in [0.15, 0.2) is 24.3 Å². The first-order chi connectivity index (χ1) is 7.75. The highest BCUT2D eigenvalue weighted by Gasteiger charge is 2.15. The van der Waals surface area contributed by atoms with Crippen LogP contribution in [0.3, 0.4) is 0 Å². The molecule has 86 valence electrons. The number of hydrogen-bond donors (Lipinski definition) is 2. The van der Waals surface area contributed by atoms with E-state index in [1.54, 1.807) is 24.3 Å². The lowest BCUT2D eigenvalue weighted by Gasteiger charge is -2.10. The first-order valence-corrected chi connectivity index (χ1v) is 5.88. The molecule has 1 aromatic rings. The van der Waals surface area contributed by atoms with E-state index in [0.717, 1.165) is 26.1 Å². The summed E-state index contributed by atoms with van der Waals surface area (Å²) in [7, 11) is 0. The third-order valence-corrected chi connectivity index (χ3v) is 3.04. The van der Waals surface area contributed by atoms with Gasteiger partial charge in [-0.3, -0.25) is 4.79 Å². The standard InChI is InChI=1S/C12H15ClN2O/c13-11-3-1-2-10(6-11)12(16)15-8-9-4-5-14-7-9/h1-3,6,9,14H,4-5,7-8H2,(H,15,16). The summed E-state index contributed by atoms with van der Waals surface area (Å²) in [6.07, 6.45) is 1.13. The molecule has 3 nitrogen and oxygen atoms in total. The number of benzene rings is 1. The van der Waals surface area contributed by atoms with Gasteiger partial charge < -0.3 is 10.6 Å². The summed E-state index contributed by atoms with van der Waals surface area (Å²) in [4.78, 5) is 11.8. The number of carbonyl (C=O) groups excluding carboxylic acids is 1. The van der Waals surface area contributed by atoms with Crippen molar-refractivity contribution in [3.8, 4) is 0 Å². The highest BCUT2D eigenvalue weighted by molar-refractivity contribution is 6.30. The summed E-state index contributed by atoms with van der Waals surface area (Å²) in [5.41, 5.74) is 0.624. The second kappa shape index (κ2) is 5.32. The minimum atomic E-state index is -0.0469. The molecule has 4 heteroatoms. The molecule has 1 aliphatic heterocycles. The Hall–Kier alpha value is -1.06. The average molecular weight is 239 g/mol. The predicted molar refractivity (Wildman–Crippen MR) is 64.8 cm³/mol. The van der Waals surface area contributed by atoms with Crippen LogP contribution in [0.5, 0.6) is 0 Å². The van der Waals surface area contributed by atoms with E-state index in [1.807, 2.05) is 0 Å². The van der Waals surface area contributed by atoms with Crippen molar-refractivity contribution in [3.05, 3.63) is 34.9 Å². The predicted octanol–water partition coefficient (Wildman–Crippen LogP) is 1.68. The largest absolute Gasteiger partial charge is 0.352 e. The molecule has 2 N–H and O–H groups in total. The normalized spacial score (nSPS) is 19.7. The molecule has 16 heavy (non-hydrogen) atoms. The molecule has 0 saturated carbocycles. The average Bonchev–Trinajstić information content (AvgIpc) is 2.78. The second-order valence-corrected chi connectivity index (χ2v) is 4.52. The molecule has 1 amide bonds. The van der Waals surface area contributed by atoms with Gasteiger partial charge in [0.15, 0.2) is 0 Å². The zero-order chi connectivity index (χ0) is 11.4. The van der Waals surface area contributed by atoms with Crippen LogP contribution in [-0.2, 0) is 0 Å². The van der Waals surface area contributed by atoms with Crippen molar-refractivity contribution in [2.24, 2.45) is 5.92 Å². The highest BCUT2D eigenvalue weighted by Crippen LogP contribution is 2.11. The van der Waals surface area contributed by atoms with Crippen LogP contribution in [0.2, 0.25) is 5.02 Å². The Morgan fingerprint density at radius 2 is 2.44 bits per heavy atom. The fourth-order valence-electron chi connectivity index (χ4n) is 1.86. The molecule has 1 unspecified atom stereocenters. The van der Waals surface area contributed by atoms with Gasteiger partial charge in [0.1, 0.15) is 0 Å². The van der Waals surface area contributed by atoms with Gasteiger partial charge in [-0.15, -0.1) is 0 Å². The maximum absolute atomic E-state index is 11.8. The van der Waals surface area contributed by atoms with Crippen molar-refractivity contribution >= 4 is 17.5 Å². The number of carbonyl (C=O) groups is 1. The fourth-order valence-corrected chi connectivity index (χ4v) is 2.05. The van der Waals surface area contributed by atoms with Crippen LogP contribution in [0.4, 0.5) is 0 Å². The van der Waals surface area contributed by atoms with Crippen LogP contribution >= 0.6 is 11.6 Å². The first-order valence-electron chi connectivity index (χ1n) is 5.50. The van der Waals surface area contributed by atoms with E-state index in [9.17, 15) is 4.79 Å². The maximum atomic E-state index is 11.8. The SMILES string of the molecule is O=C(NCC1CCNC1)c1cccc(Cl)c1. The van der Waals surface area contributed by atoms with E-state index < -0.39 is 0 Å². The summed E-state index contributed by atoms with van der Waals surface area (Å²) in [6.45, 7) is 2.78. The van der Waals surface area contributed by atoms with Gasteiger partial charge in [0.2, 0.25) is 0 Å². The molecule has 0 aliphatic carbocycles. The Morgan fingerprint density at radius 1 is 1.56 bits per heavy atom. The number of rotatable bonds is 3. The Bertz CT molecular complexity index is 375. The molecule has 1 aliphatic rings. The number of halogens is 1. The number of amides is 1. The molecule has 0 radical (unpaired) electrons.